The Labute approximate surface area is 174 Å². The van der Waals surface area contributed by atoms with Crippen molar-refractivity contribution in [3.8, 4) is 0 Å². The van der Waals surface area contributed by atoms with Crippen molar-refractivity contribution in [2.75, 3.05) is 6.54 Å². The molecule has 0 saturated carbocycles. The molecule has 1 aliphatic rings. The van der Waals surface area contributed by atoms with Crippen LogP contribution >= 0.6 is 0 Å². The van der Waals surface area contributed by atoms with E-state index in [1.165, 1.54) is 23.8 Å². The molecule has 0 saturated heterocycles. The lowest BCUT2D eigenvalue weighted by molar-refractivity contribution is -0.121. The summed E-state index contributed by atoms with van der Waals surface area (Å²) >= 11 is 0. The quantitative estimate of drug-likeness (QED) is 0.563. The van der Waals surface area contributed by atoms with Crippen LogP contribution in [-0.4, -0.2) is 25.9 Å². The van der Waals surface area contributed by atoms with E-state index in [9.17, 15) is 18.0 Å². The molecule has 7 nitrogen and oxygen atoms in total. The molecular weight excluding hydrogens is 402 g/mol. The van der Waals surface area contributed by atoms with E-state index >= 15 is 0 Å². The van der Waals surface area contributed by atoms with Crippen molar-refractivity contribution >= 4 is 26.8 Å². The van der Waals surface area contributed by atoms with Gasteiger partial charge in [-0.05, 0) is 60.0 Å². The minimum absolute atomic E-state index is 0.00614. The monoisotopic (exact) mass is 425 g/mol. The van der Waals surface area contributed by atoms with Gasteiger partial charge in [0.1, 0.15) is 0 Å². The number of benzene rings is 2. The number of carbonyl (C=O) groups is 1. The average molecular weight is 426 g/mol. The smallest absolute Gasteiger partial charge is 0.248 e. The van der Waals surface area contributed by atoms with Crippen molar-refractivity contribution in [2.45, 2.75) is 36.6 Å². The van der Waals surface area contributed by atoms with Gasteiger partial charge in [-0.1, -0.05) is 24.3 Å². The van der Waals surface area contributed by atoms with Crippen LogP contribution in [0.1, 0.15) is 36.4 Å². The zero-order valence-electron chi connectivity index (χ0n) is 16.4. The fourth-order valence-corrected chi connectivity index (χ4v) is 4.92. The third-order valence-corrected chi connectivity index (χ3v) is 6.81. The summed E-state index contributed by atoms with van der Waals surface area (Å²) in [6.07, 6.45) is 2.97. The number of fused-ring (bicyclic) bond motifs is 2. The van der Waals surface area contributed by atoms with Crippen LogP contribution in [0.5, 0.6) is 0 Å². The molecule has 8 heteroatoms. The highest BCUT2D eigenvalue weighted by Crippen LogP contribution is 2.29. The summed E-state index contributed by atoms with van der Waals surface area (Å²) in [5.41, 5.74) is 2.72. The van der Waals surface area contributed by atoms with Crippen molar-refractivity contribution in [1.29, 1.82) is 0 Å². The molecule has 0 radical (unpaired) electrons. The topological polar surface area (TPSA) is 108 Å². The van der Waals surface area contributed by atoms with Gasteiger partial charge in [0.25, 0.3) is 0 Å². The second-order valence-electron chi connectivity index (χ2n) is 7.43. The molecule has 0 fully saturated rings. The normalized spacial score (nSPS) is 16.2. The molecule has 0 spiro atoms. The van der Waals surface area contributed by atoms with E-state index in [-0.39, 0.29) is 35.4 Å². The number of rotatable bonds is 6. The van der Waals surface area contributed by atoms with Gasteiger partial charge >= 0.3 is 0 Å². The van der Waals surface area contributed by atoms with E-state index in [2.05, 4.69) is 21.1 Å². The number of nitrogens with one attached hydrogen (secondary N) is 3. The van der Waals surface area contributed by atoms with Crippen LogP contribution in [0.15, 0.2) is 64.3 Å². The first-order valence-corrected chi connectivity index (χ1v) is 11.4. The maximum absolute atomic E-state index is 12.6. The van der Waals surface area contributed by atoms with Crippen LogP contribution in [0, 0.1) is 0 Å². The van der Waals surface area contributed by atoms with Gasteiger partial charge in [0, 0.05) is 24.5 Å². The van der Waals surface area contributed by atoms with E-state index in [0.717, 1.165) is 24.8 Å². The molecule has 0 bridgehead atoms. The van der Waals surface area contributed by atoms with Gasteiger partial charge in [-0.2, -0.15) is 0 Å². The summed E-state index contributed by atoms with van der Waals surface area (Å²) in [5.74, 6) is -0.185. The van der Waals surface area contributed by atoms with Crippen molar-refractivity contribution < 1.29 is 13.2 Å². The second-order valence-corrected chi connectivity index (χ2v) is 9.20. The molecule has 1 aliphatic carbocycles. The molecule has 1 aromatic heterocycles. The van der Waals surface area contributed by atoms with Gasteiger partial charge in [-0.25, -0.2) is 13.1 Å². The largest absolute Gasteiger partial charge is 0.349 e. The number of aromatic amines is 1. The standard InChI is InChI=1S/C22H23N3O4S/c26-21-11-8-16-14-17(9-10-19(16)24-21)30(28,29)23-13-12-22(27)25-20-7-3-5-15-4-1-2-6-18(15)20/h1-2,4,6,8-11,14,20,23H,3,5,7,12-13H2,(H,24,26)(H,25,27)/t20-/m1/s1. The second kappa shape index (κ2) is 8.41. The van der Waals surface area contributed by atoms with Crippen LogP contribution in [0.2, 0.25) is 0 Å². The molecule has 30 heavy (non-hydrogen) atoms. The van der Waals surface area contributed by atoms with Crippen LogP contribution < -0.4 is 15.6 Å². The molecule has 0 unspecified atom stereocenters. The highest BCUT2D eigenvalue weighted by Gasteiger charge is 2.21. The van der Waals surface area contributed by atoms with Crippen molar-refractivity contribution in [2.24, 2.45) is 0 Å². The minimum Gasteiger partial charge on any atom is -0.349 e. The van der Waals surface area contributed by atoms with Crippen molar-refractivity contribution in [3.63, 3.8) is 0 Å². The Morgan fingerprint density at radius 1 is 1.10 bits per heavy atom. The Morgan fingerprint density at radius 2 is 1.93 bits per heavy atom. The maximum atomic E-state index is 12.6. The number of carbonyl (C=O) groups excluding carboxylic acids is 1. The first-order valence-electron chi connectivity index (χ1n) is 9.92. The summed E-state index contributed by atoms with van der Waals surface area (Å²) in [5, 5.41) is 3.64. The van der Waals surface area contributed by atoms with Crippen molar-refractivity contribution in [3.05, 3.63) is 76.1 Å². The Morgan fingerprint density at radius 3 is 2.80 bits per heavy atom. The summed E-state index contributed by atoms with van der Waals surface area (Å²) in [6.45, 7) is 0.00614. The number of aryl methyl sites for hydroxylation is 1. The van der Waals surface area contributed by atoms with Crippen LogP contribution in [-0.2, 0) is 21.2 Å². The highest BCUT2D eigenvalue weighted by molar-refractivity contribution is 7.89. The van der Waals surface area contributed by atoms with Gasteiger partial charge in [0.05, 0.1) is 10.9 Å². The molecule has 3 aromatic rings. The zero-order chi connectivity index (χ0) is 21.1. The van der Waals surface area contributed by atoms with Gasteiger partial charge in [-0.3, -0.25) is 9.59 Å². The van der Waals surface area contributed by atoms with E-state index in [4.69, 9.17) is 0 Å². The number of pyridine rings is 1. The summed E-state index contributed by atoms with van der Waals surface area (Å²) in [4.78, 5) is 26.5. The molecular formula is C22H23N3O4S. The molecule has 3 N–H and O–H groups in total. The molecule has 1 atom stereocenters. The van der Waals surface area contributed by atoms with Crippen molar-refractivity contribution in [1.82, 2.24) is 15.0 Å². The first kappa shape index (κ1) is 20.3. The third-order valence-electron chi connectivity index (χ3n) is 5.35. The summed E-state index contributed by atoms with van der Waals surface area (Å²) in [6, 6.07) is 15.5. The van der Waals surface area contributed by atoms with Crippen LogP contribution in [0.4, 0.5) is 0 Å². The third kappa shape index (κ3) is 4.44. The van der Waals surface area contributed by atoms with Gasteiger partial charge in [0.2, 0.25) is 21.5 Å². The van der Waals surface area contributed by atoms with E-state index in [1.807, 2.05) is 18.2 Å². The van der Waals surface area contributed by atoms with Gasteiger partial charge in [0.15, 0.2) is 0 Å². The summed E-state index contributed by atoms with van der Waals surface area (Å²) < 4.78 is 27.6. The van der Waals surface area contributed by atoms with Gasteiger partial charge in [-0.15, -0.1) is 0 Å². The van der Waals surface area contributed by atoms with Crippen LogP contribution in [0.25, 0.3) is 10.9 Å². The molecule has 0 aliphatic heterocycles. The van der Waals surface area contributed by atoms with Crippen LogP contribution in [0.3, 0.4) is 0 Å². The number of aromatic nitrogens is 1. The predicted octanol–water partition coefficient (Wildman–Crippen LogP) is 2.39. The molecule has 2 aromatic carbocycles. The summed E-state index contributed by atoms with van der Waals surface area (Å²) in [7, 11) is -3.76. The van der Waals surface area contributed by atoms with E-state index in [1.54, 1.807) is 12.1 Å². The number of amides is 1. The lowest BCUT2D eigenvalue weighted by Gasteiger charge is -2.26. The number of hydrogen-bond donors (Lipinski definition) is 3. The Bertz CT molecular complexity index is 1250. The van der Waals surface area contributed by atoms with Gasteiger partial charge < -0.3 is 10.3 Å². The van der Waals surface area contributed by atoms with E-state index < -0.39 is 10.0 Å². The molecule has 1 amide bonds. The SMILES string of the molecule is O=C(CCNS(=O)(=O)c1ccc2[nH]c(=O)ccc2c1)N[C@@H]1CCCc2ccccc21. The zero-order valence-corrected chi connectivity index (χ0v) is 17.2. The molecule has 1 heterocycles. The first-order chi connectivity index (χ1) is 14.4. The maximum Gasteiger partial charge on any atom is 0.248 e. The Hall–Kier alpha value is -2.97. The minimum atomic E-state index is -3.76. The number of hydrogen-bond acceptors (Lipinski definition) is 4. The number of H-pyrrole nitrogens is 1. The lowest BCUT2D eigenvalue weighted by atomic mass is 9.88. The van der Waals surface area contributed by atoms with E-state index in [0.29, 0.717) is 10.9 Å². The Balaban J connectivity index is 1.36. The fourth-order valence-electron chi connectivity index (χ4n) is 3.85. The predicted molar refractivity (Wildman–Crippen MR) is 115 cm³/mol. The molecule has 4 rings (SSSR count). The average Bonchev–Trinajstić information content (AvgIpc) is 2.73. The lowest BCUT2D eigenvalue weighted by Crippen LogP contribution is -2.34. The molecule has 156 valence electrons. The highest BCUT2D eigenvalue weighted by atomic mass is 32.2. The fraction of sp³-hybridized carbons (Fsp3) is 0.273. The number of sulfonamides is 1. The Kier molecular flexibility index (Phi) is 5.69.